The molecular weight excluding hydrogens is 342 g/mol. The quantitative estimate of drug-likeness (QED) is 0.844. The summed E-state index contributed by atoms with van der Waals surface area (Å²) < 4.78 is 0. The fourth-order valence-corrected chi connectivity index (χ4v) is 5.22. The van der Waals surface area contributed by atoms with Gasteiger partial charge in [-0.2, -0.15) is 11.3 Å². The lowest BCUT2D eigenvalue weighted by Crippen LogP contribution is -2.53. The number of thiophene rings is 1. The molecule has 24 heavy (non-hydrogen) atoms. The van der Waals surface area contributed by atoms with E-state index < -0.39 is 5.54 Å². The number of carbonyl (C=O) groups excluding carboxylic acids is 2. The number of imide groups is 1. The maximum atomic E-state index is 13.0. The molecule has 2 aromatic heterocycles. The lowest BCUT2D eigenvalue weighted by atomic mass is 9.73. The van der Waals surface area contributed by atoms with E-state index in [-0.39, 0.29) is 24.4 Å². The highest BCUT2D eigenvalue weighted by molar-refractivity contribution is 7.14. The van der Waals surface area contributed by atoms with Gasteiger partial charge in [-0.25, -0.2) is 9.78 Å². The number of urea groups is 1. The Morgan fingerprint density at radius 2 is 2.25 bits per heavy atom. The molecule has 3 amide bonds. The van der Waals surface area contributed by atoms with Crippen LogP contribution in [0.1, 0.15) is 38.3 Å². The third-order valence-electron chi connectivity index (χ3n) is 5.14. The molecule has 3 heterocycles. The van der Waals surface area contributed by atoms with Crippen molar-refractivity contribution in [3.8, 4) is 10.6 Å². The van der Waals surface area contributed by atoms with Gasteiger partial charge in [0.25, 0.3) is 5.91 Å². The SMILES string of the molecule is C[C@@H]1CCCC[C@@]12NC(=O)N(Cc1csc(-c3ccsc3)n1)C2=O. The molecule has 2 fully saturated rings. The number of carbonyl (C=O) groups is 2. The first-order chi connectivity index (χ1) is 11.6. The van der Waals surface area contributed by atoms with Crippen LogP contribution in [0, 0.1) is 5.92 Å². The second kappa shape index (κ2) is 5.97. The lowest BCUT2D eigenvalue weighted by molar-refractivity contribution is -0.134. The minimum absolute atomic E-state index is 0.0789. The van der Waals surface area contributed by atoms with Gasteiger partial charge in [0.05, 0.1) is 12.2 Å². The van der Waals surface area contributed by atoms with E-state index in [2.05, 4.69) is 22.6 Å². The van der Waals surface area contributed by atoms with E-state index in [4.69, 9.17) is 0 Å². The molecule has 2 aliphatic rings. The lowest BCUT2D eigenvalue weighted by Gasteiger charge is -2.36. The first kappa shape index (κ1) is 15.8. The summed E-state index contributed by atoms with van der Waals surface area (Å²) >= 11 is 3.18. The Kier molecular flexibility index (Phi) is 3.92. The van der Waals surface area contributed by atoms with Gasteiger partial charge in [0, 0.05) is 16.3 Å². The average Bonchev–Trinajstić information content (AvgIpc) is 3.28. The molecular formula is C17H19N3O2S2. The number of hydrogen-bond acceptors (Lipinski definition) is 5. The summed E-state index contributed by atoms with van der Waals surface area (Å²) in [5.41, 5.74) is 1.16. The van der Waals surface area contributed by atoms with Crippen molar-refractivity contribution >= 4 is 34.6 Å². The first-order valence-electron chi connectivity index (χ1n) is 8.21. The summed E-state index contributed by atoms with van der Waals surface area (Å²) in [6.45, 7) is 2.32. The minimum Gasteiger partial charge on any atom is -0.323 e. The number of thiazole rings is 1. The third-order valence-corrected chi connectivity index (χ3v) is 6.76. The number of aromatic nitrogens is 1. The summed E-state index contributed by atoms with van der Waals surface area (Å²) in [6.07, 6.45) is 3.84. The van der Waals surface area contributed by atoms with E-state index in [0.29, 0.717) is 0 Å². The second-order valence-corrected chi connectivity index (χ2v) is 8.23. The maximum absolute atomic E-state index is 13.0. The number of hydrogen-bond donors (Lipinski definition) is 1. The summed E-state index contributed by atoms with van der Waals surface area (Å²) in [4.78, 5) is 31.3. The van der Waals surface area contributed by atoms with Crippen molar-refractivity contribution < 1.29 is 9.59 Å². The zero-order chi connectivity index (χ0) is 16.7. The van der Waals surface area contributed by atoms with Gasteiger partial charge in [-0.3, -0.25) is 9.69 Å². The number of amides is 3. The van der Waals surface area contributed by atoms with Gasteiger partial charge in [0.2, 0.25) is 0 Å². The zero-order valence-electron chi connectivity index (χ0n) is 13.4. The van der Waals surface area contributed by atoms with Crippen LogP contribution < -0.4 is 5.32 Å². The van der Waals surface area contributed by atoms with Crippen LogP contribution in [0.4, 0.5) is 4.79 Å². The average molecular weight is 361 g/mol. The predicted octanol–water partition coefficient (Wildman–Crippen LogP) is 3.87. The van der Waals surface area contributed by atoms with Crippen LogP contribution in [0.3, 0.4) is 0 Å². The largest absolute Gasteiger partial charge is 0.325 e. The number of rotatable bonds is 3. The van der Waals surface area contributed by atoms with Crippen LogP contribution in [0.15, 0.2) is 22.2 Å². The van der Waals surface area contributed by atoms with Crippen LogP contribution in [0.25, 0.3) is 10.6 Å². The molecule has 1 aliphatic heterocycles. The zero-order valence-corrected chi connectivity index (χ0v) is 15.1. The van der Waals surface area contributed by atoms with E-state index in [1.165, 1.54) is 4.90 Å². The highest BCUT2D eigenvalue weighted by Crippen LogP contribution is 2.38. The highest BCUT2D eigenvalue weighted by Gasteiger charge is 2.54. The molecule has 2 aromatic rings. The van der Waals surface area contributed by atoms with Crippen LogP contribution >= 0.6 is 22.7 Å². The molecule has 4 rings (SSSR count). The van der Waals surface area contributed by atoms with Crippen molar-refractivity contribution in [3.63, 3.8) is 0 Å². The summed E-state index contributed by atoms with van der Waals surface area (Å²) in [7, 11) is 0. The van der Waals surface area contributed by atoms with Gasteiger partial charge >= 0.3 is 6.03 Å². The maximum Gasteiger partial charge on any atom is 0.325 e. The molecule has 2 atom stereocenters. The standard InChI is InChI=1S/C17H19N3O2S2/c1-11-4-2-3-6-17(11)15(21)20(16(22)19-17)8-13-10-24-14(18-13)12-5-7-23-9-12/h5,7,9-11H,2-4,6,8H2,1H3,(H,19,22)/t11-,17-/m1/s1. The normalized spacial score (nSPS) is 27.0. The van der Waals surface area contributed by atoms with Crippen molar-refractivity contribution in [2.45, 2.75) is 44.7 Å². The fourth-order valence-electron chi connectivity index (χ4n) is 3.70. The molecule has 0 unspecified atom stereocenters. The number of nitrogens with one attached hydrogen (secondary N) is 1. The van der Waals surface area contributed by atoms with E-state index in [1.54, 1.807) is 22.7 Å². The van der Waals surface area contributed by atoms with Crippen molar-refractivity contribution in [1.82, 2.24) is 15.2 Å². The van der Waals surface area contributed by atoms with Crippen LogP contribution in [-0.2, 0) is 11.3 Å². The molecule has 0 aromatic carbocycles. The third kappa shape index (κ3) is 2.46. The van der Waals surface area contributed by atoms with Crippen molar-refractivity contribution in [1.29, 1.82) is 0 Å². The number of nitrogens with zero attached hydrogens (tertiary/aromatic N) is 2. The molecule has 126 valence electrons. The smallest absolute Gasteiger partial charge is 0.323 e. The van der Waals surface area contributed by atoms with E-state index in [1.807, 2.05) is 16.8 Å². The molecule has 5 nitrogen and oxygen atoms in total. The Morgan fingerprint density at radius 1 is 1.38 bits per heavy atom. The van der Waals surface area contributed by atoms with Crippen LogP contribution in [0.5, 0.6) is 0 Å². The first-order valence-corrected chi connectivity index (χ1v) is 10.0. The topological polar surface area (TPSA) is 62.3 Å². The van der Waals surface area contributed by atoms with Crippen molar-refractivity contribution in [2.75, 3.05) is 0 Å². The monoisotopic (exact) mass is 361 g/mol. The van der Waals surface area contributed by atoms with Gasteiger partial charge in [-0.15, -0.1) is 11.3 Å². The van der Waals surface area contributed by atoms with E-state index in [0.717, 1.165) is 41.9 Å². The highest BCUT2D eigenvalue weighted by atomic mass is 32.1. The van der Waals surface area contributed by atoms with Crippen LogP contribution in [0.2, 0.25) is 0 Å². The van der Waals surface area contributed by atoms with Crippen molar-refractivity contribution in [2.24, 2.45) is 5.92 Å². The fraction of sp³-hybridized carbons (Fsp3) is 0.471. The van der Waals surface area contributed by atoms with E-state index in [9.17, 15) is 9.59 Å². The molecule has 1 spiro atoms. The predicted molar refractivity (Wildman–Crippen MR) is 94.9 cm³/mol. The molecule has 7 heteroatoms. The molecule has 1 saturated heterocycles. The molecule has 0 radical (unpaired) electrons. The molecule has 1 aliphatic carbocycles. The Bertz CT molecular complexity index is 771. The summed E-state index contributed by atoms with van der Waals surface area (Å²) in [5.74, 6) is 0.106. The Morgan fingerprint density at radius 3 is 3.00 bits per heavy atom. The Hall–Kier alpha value is -1.73. The minimum atomic E-state index is -0.693. The van der Waals surface area contributed by atoms with Gasteiger partial charge in [0.15, 0.2) is 0 Å². The summed E-state index contributed by atoms with van der Waals surface area (Å²) in [5, 5.41) is 9.92. The van der Waals surface area contributed by atoms with Gasteiger partial charge in [-0.05, 0) is 30.2 Å². The van der Waals surface area contributed by atoms with Gasteiger partial charge in [0.1, 0.15) is 10.5 Å². The molecule has 1 N–H and O–H groups in total. The summed E-state index contributed by atoms with van der Waals surface area (Å²) in [6, 6.07) is 1.75. The van der Waals surface area contributed by atoms with Gasteiger partial charge < -0.3 is 5.32 Å². The van der Waals surface area contributed by atoms with Gasteiger partial charge in [-0.1, -0.05) is 19.8 Å². The Labute approximate surface area is 148 Å². The Balaban J connectivity index is 1.55. The van der Waals surface area contributed by atoms with Crippen LogP contribution in [-0.4, -0.2) is 27.4 Å². The van der Waals surface area contributed by atoms with E-state index >= 15 is 0 Å². The molecule has 1 saturated carbocycles. The second-order valence-electron chi connectivity index (χ2n) is 6.60. The molecule has 0 bridgehead atoms. The van der Waals surface area contributed by atoms with Crippen molar-refractivity contribution in [3.05, 3.63) is 27.9 Å².